The molecule has 0 aliphatic carbocycles. The molecule has 1 aliphatic rings. The molecule has 21 heavy (non-hydrogen) atoms. The zero-order valence-corrected chi connectivity index (χ0v) is 15.0. The lowest BCUT2D eigenvalue weighted by Gasteiger charge is -2.20. The molecular weight excluding hydrogens is 403 g/mol. The van der Waals surface area contributed by atoms with Crippen molar-refractivity contribution in [3.05, 3.63) is 30.3 Å². The molecule has 0 spiro atoms. The fourth-order valence-corrected chi connectivity index (χ4v) is 3.52. The van der Waals surface area contributed by atoms with Crippen LogP contribution >= 0.6 is 24.0 Å². The lowest BCUT2D eigenvalue weighted by atomic mass is 10.2. The maximum atomic E-state index is 11.6. The van der Waals surface area contributed by atoms with Crippen LogP contribution in [0.1, 0.15) is 12.8 Å². The summed E-state index contributed by atoms with van der Waals surface area (Å²) in [6.45, 7) is 0.962. The minimum Gasteiger partial charge on any atom is -0.370 e. The van der Waals surface area contributed by atoms with Gasteiger partial charge in [-0.25, -0.2) is 8.42 Å². The molecule has 1 saturated heterocycles. The third-order valence-corrected chi connectivity index (χ3v) is 4.60. The Labute approximate surface area is 142 Å². The van der Waals surface area contributed by atoms with Crippen molar-refractivity contribution >= 4 is 45.6 Å². The maximum absolute atomic E-state index is 11.6. The molecule has 0 bridgehead atoms. The van der Waals surface area contributed by atoms with Gasteiger partial charge in [-0.05, 0) is 25.0 Å². The average molecular weight is 424 g/mol. The molecule has 3 N–H and O–H groups in total. The molecule has 1 aliphatic heterocycles. The van der Waals surface area contributed by atoms with Crippen LogP contribution in [-0.4, -0.2) is 44.1 Å². The van der Waals surface area contributed by atoms with Gasteiger partial charge >= 0.3 is 0 Å². The van der Waals surface area contributed by atoms with Crippen molar-refractivity contribution in [2.45, 2.75) is 18.9 Å². The molecule has 1 fully saturated rings. The second kappa shape index (κ2) is 7.95. The topological polar surface area (TPSA) is 87.8 Å². The normalized spacial score (nSPS) is 20.0. The van der Waals surface area contributed by atoms with E-state index in [9.17, 15) is 8.42 Å². The third kappa shape index (κ3) is 5.44. The zero-order valence-electron chi connectivity index (χ0n) is 11.9. The van der Waals surface area contributed by atoms with Gasteiger partial charge in [0.25, 0.3) is 0 Å². The van der Waals surface area contributed by atoms with Gasteiger partial charge < -0.3 is 11.1 Å². The fourth-order valence-electron chi connectivity index (χ4n) is 2.34. The maximum Gasteiger partial charge on any atom is 0.211 e. The SMILES string of the molecule is CS(=O)(=O)N1CCC[C@@H]1CN=C(N)Nc1ccccc1.I. The third-order valence-electron chi connectivity index (χ3n) is 3.27. The first-order chi connectivity index (χ1) is 9.47. The Bertz CT molecular complexity index is 577. The summed E-state index contributed by atoms with van der Waals surface area (Å²) in [5.41, 5.74) is 6.67. The number of hydrogen-bond acceptors (Lipinski definition) is 3. The summed E-state index contributed by atoms with van der Waals surface area (Å²) in [5, 5.41) is 2.98. The zero-order chi connectivity index (χ0) is 14.6. The standard InChI is InChI=1S/C13H20N4O2S.HI/c1-20(18,19)17-9-5-8-12(17)10-15-13(14)16-11-6-3-2-4-7-11;/h2-4,6-7,12H,5,8-10H2,1H3,(H3,14,15,16);1H/t12-;/m1./s1. The summed E-state index contributed by atoms with van der Waals surface area (Å²) in [4.78, 5) is 4.24. The van der Waals surface area contributed by atoms with Crippen LogP contribution in [0, 0.1) is 0 Å². The van der Waals surface area contributed by atoms with E-state index >= 15 is 0 Å². The Morgan fingerprint density at radius 2 is 2.10 bits per heavy atom. The Morgan fingerprint density at radius 1 is 1.43 bits per heavy atom. The van der Waals surface area contributed by atoms with Crippen LogP contribution in [0.4, 0.5) is 5.69 Å². The highest BCUT2D eigenvalue weighted by molar-refractivity contribution is 14.0. The number of sulfonamides is 1. The van der Waals surface area contributed by atoms with E-state index in [1.807, 2.05) is 30.3 Å². The number of halogens is 1. The number of nitrogens with one attached hydrogen (secondary N) is 1. The molecule has 0 radical (unpaired) electrons. The van der Waals surface area contributed by atoms with Gasteiger partial charge in [0, 0.05) is 18.3 Å². The van der Waals surface area contributed by atoms with Crippen molar-refractivity contribution in [2.24, 2.45) is 10.7 Å². The van der Waals surface area contributed by atoms with Gasteiger partial charge in [-0.15, -0.1) is 24.0 Å². The van der Waals surface area contributed by atoms with Crippen LogP contribution in [0.5, 0.6) is 0 Å². The number of rotatable bonds is 4. The van der Waals surface area contributed by atoms with Crippen LogP contribution in [0.15, 0.2) is 35.3 Å². The Morgan fingerprint density at radius 3 is 2.71 bits per heavy atom. The first-order valence-corrected chi connectivity index (χ1v) is 8.40. The van der Waals surface area contributed by atoms with Crippen molar-refractivity contribution in [1.82, 2.24) is 4.31 Å². The first kappa shape index (κ1) is 18.2. The molecule has 0 amide bonds. The lowest BCUT2D eigenvalue weighted by molar-refractivity contribution is 0.397. The summed E-state index contributed by atoms with van der Waals surface area (Å²) in [7, 11) is -3.16. The predicted octanol–water partition coefficient (Wildman–Crippen LogP) is 1.46. The highest BCUT2D eigenvalue weighted by Crippen LogP contribution is 2.20. The van der Waals surface area contributed by atoms with Crippen molar-refractivity contribution in [1.29, 1.82) is 0 Å². The van der Waals surface area contributed by atoms with Crippen molar-refractivity contribution in [2.75, 3.05) is 24.7 Å². The average Bonchev–Trinajstić information content (AvgIpc) is 2.86. The molecule has 0 unspecified atom stereocenters. The highest BCUT2D eigenvalue weighted by atomic mass is 127. The molecular formula is C13H21IN4O2S. The molecule has 0 aromatic heterocycles. The van der Waals surface area contributed by atoms with Crippen LogP contribution in [0.3, 0.4) is 0 Å². The smallest absolute Gasteiger partial charge is 0.211 e. The summed E-state index contributed by atoms with van der Waals surface area (Å²) in [6.07, 6.45) is 2.94. The Hall–Kier alpha value is -0.870. The summed E-state index contributed by atoms with van der Waals surface area (Å²) in [6, 6.07) is 9.42. The van der Waals surface area contributed by atoms with Crippen molar-refractivity contribution in [3.8, 4) is 0 Å². The van der Waals surface area contributed by atoms with Crippen LogP contribution < -0.4 is 11.1 Å². The molecule has 1 heterocycles. The molecule has 8 heteroatoms. The molecule has 0 saturated carbocycles. The molecule has 6 nitrogen and oxygen atoms in total. The van der Waals surface area contributed by atoms with Crippen molar-refractivity contribution in [3.63, 3.8) is 0 Å². The predicted molar refractivity (Wildman–Crippen MR) is 96.5 cm³/mol. The van der Waals surface area contributed by atoms with Gasteiger partial charge in [-0.3, -0.25) is 4.99 Å². The number of benzene rings is 1. The van der Waals surface area contributed by atoms with E-state index in [1.54, 1.807) is 0 Å². The van der Waals surface area contributed by atoms with E-state index in [-0.39, 0.29) is 30.0 Å². The number of aliphatic imine (C=N–C) groups is 1. The molecule has 118 valence electrons. The summed E-state index contributed by atoms with van der Waals surface area (Å²) in [5.74, 6) is 0.302. The number of nitrogens with zero attached hydrogens (tertiary/aromatic N) is 2. The van der Waals surface area contributed by atoms with Crippen LogP contribution in [0.2, 0.25) is 0 Å². The van der Waals surface area contributed by atoms with Crippen LogP contribution in [-0.2, 0) is 10.0 Å². The van der Waals surface area contributed by atoms with Gasteiger partial charge in [0.2, 0.25) is 10.0 Å². The summed E-state index contributed by atoms with van der Waals surface area (Å²) < 4.78 is 24.7. The Balaban J connectivity index is 0.00000220. The van der Waals surface area contributed by atoms with Crippen molar-refractivity contribution < 1.29 is 8.42 Å². The number of anilines is 1. The first-order valence-electron chi connectivity index (χ1n) is 6.55. The minimum atomic E-state index is -3.16. The van der Waals surface area contributed by atoms with E-state index in [0.717, 1.165) is 18.5 Å². The number of nitrogens with two attached hydrogens (primary N) is 1. The molecule has 1 aromatic carbocycles. The second-order valence-electron chi connectivity index (χ2n) is 4.89. The number of guanidine groups is 1. The van der Waals surface area contributed by atoms with Gasteiger partial charge in [0.1, 0.15) is 0 Å². The van der Waals surface area contributed by atoms with Gasteiger partial charge in [-0.2, -0.15) is 4.31 Å². The van der Waals surface area contributed by atoms with E-state index in [0.29, 0.717) is 19.0 Å². The monoisotopic (exact) mass is 424 g/mol. The summed E-state index contributed by atoms with van der Waals surface area (Å²) >= 11 is 0. The van der Waals surface area contributed by atoms with E-state index in [1.165, 1.54) is 10.6 Å². The highest BCUT2D eigenvalue weighted by Gasteiger charge is 2.30. The second-order valence-corrected chi connectivity index (χ2v) is 6.82. The Kier molecular flexibility index (Phi) is 6.88. The quantitative estimate of drug-likeness (QED) is 0.435. The van der Waals surface area contributed by atoms with Gasteiger partial charge in [0.15, 0.2) is 5.96 Å². The fraction of sp³-hybridized carbons (Fsp3) is 0.462. The van der Waals surface area contributed by atoms with Gasteiger partial charge in [-0.1, -0.05) is 18.2 Å². The van der Waals surface area contributed by atoms with E-state index in [4.69, 9.17) is 5.73 Å². The molecule has 1 atom stereocenters. The van der Waals surface area contributed by atoms with Crippen LogP contribution in [0.25, 0.3) is 0 Å². The van der Waals surface area contributed by atoms with E-state index in [2.05, 4.69) is 10.3 Å². The number of hydrogen-bond donors (Lipinski definition) is 2. The largest absolute Gasteiger partial charge is 0.370 e. The lowest BCUT2D eigenvalue weighted by Crippen LogP contribution is -2.37. The number of para-hydroxylation sites is 1. The minimum absolute atomic E-state index is 0. The molecule has 1 aromatic rings. The van der Waals surface area contributed by atoms with Gasteiger partial charge in [0.05, 0.1) is 12.8 Å². The molecule has 2 rings (SSSR count). The van der Waals surface area contributed by atoms with E-state index < -0.39 is 10.0 Å².